The van der Waals surface area contributed by atoms with Crippen LogP contribution in [0, 0.1) is 0 Å². The van der Waals surface area contributed by atoms with E-state index in [1.54, 1.807) is 48.5 Å². The fourth-order valence-electron chi connectivity index (χ4n) is 2.26. The van der Waals surface area contributed by atoms with E-state index in [0.29, 0.717) is 23.4 Å². The normalized spacial score (nSPS) is 13.6. The van der Waals surface area contributed by atoms with Crippen molar-refractivity contribution in [3.05, 3.63) is 77.0 Å². The lowest BCUT2D eigenvalue weighted by molar-refractivity contribution is 0.0978. The largest absolute Gasteiger partial charge is 0.508 e. The number of phenolic OH excluding ortho intramolecular Hbond substituents is 1. The number of Topliss-reactive ketones (excluding diaryl/α,β-unsaturated/α-hetero) is 1. The van der Waals surface area contributed by atoms with Crippen LogP contribution in [0.25, 0.3) is 0 Å². The van der Waals surface area contributed by atoms with Gasteiger partial charge < -0.3 is 10.4 Å². The first kappa shape index (κ1) is 13.1. The Bertz CT molecular complexity index is 745. The van der Waals surface area contributed by atoms with Gasteiger partial charge in [0.15, 0.2) is 5.78 Å². The van der Waals surface area contributed by atoms with Gasteiger partial charge in [0.1, 0.15) is 5.75 Å². The zero-order valence-corrected chi connectivity index (χ0v) is 11.2. The van der Waals surface area contributed by atoms with Gasteiger partial charge in [-0.1, -0.05) is 36.4 Å². The Hall–Kier alpha value is -2.88. The van der Waals surface area contributed by atoms with Crippen LogP contribution >= 0.6 is 0 Å². The molecule has 0 saturated heterocycles. The van der Waals surface area contributed by atoms with E-state index in [2.05, 4.69) is 5.32 Å². The molecule has 104 valence electrons. The number of carbonyl (C=O) groups excluding carboxylic acids is 2. The molecule has 0 fully saturated rings. The Labute approximate surface area is 121 Å². The zero-order chi connectivity index (χ0) is 14.8. The molecule has 21 heavy (non-hydrogen) atoms. The molecule has 4 nitrogen and oxygen atoms in total. The predicted octanol–water partition coefficient (Wildman–Crippen LogP) is 2.44. The Morgan fingerprint density at radius 3 is 2.29 bits per heavy atom. The standard InChI is InChI=1S/C17H13NO3/c19-12-7-5-11(6-8-12)10-18-15-9-16(20)13-3-1-2-4-14(13)17(15)21/h1-9,18-19H,10H2. The van der Waals surface area contributed by atoms with Crippen molar-refractivity contribution in [2.24, 2.45) is 0 Å². The molecule has 4 heteroatoms. The molecule has 0 saturated carbocycles. The maximum Gasteiger partial charge on any atom is 0.209 e. The molecule has 0 aliphatic heterocycles. The van der Waals surface area contributed by atoms with Crippen LogP contribution in [-0.4, -0.2) is 16.7 Å². The lowest BCUT2D eigenvalue weighted by Crippen LogP contribution is -2.26. The van der Waals surface area contributed by atoms with Crippen LogP contribution in [0.2, 0.25) is 0 Å². The average Bonchev–Trinajstić information content (AvgIpc) is 2.51. The van der Waals surface area contributed by atoms with Crippen molar-refractivity contribution in [1.82, 2.24) is 5.32 Å². The number of allylic oxidation sites excluding steroid dienone is 2. The van der Waals surface area contributed by atoms with Crippen molar-refractivity contribution in [2.75, 3.05) is 0 Å². The number of ketones is 2. The summed E-state index contributed by atoms with van der Waals surface area (Å²) in [6.45, 7) is 0.410. The van der Waals surface area contributed by atoms with E-state index in [4.69, 9.17) is 0 Å². The molecule has 0 radical (unpaired) electrons. The topological polar surface area (TPSA) is 66.4 Å². The van der Waals surface area contributed by atoms with Crippen LogP contribution in [-0.2, 0) is 6.54 Å². The van der Waals surface area contributed by atoms with Crippen LogP contribution in [0.5, 0.6) is 5.75 Å². The van der Waals surface area contributed by atoms with E-state index < -0.39 is 0 Å². The molecule has 0 unspecified atom stereocenters. The Balaban J connectivity index is 1.79. The molecule has 2 aromatic carbocycles. The van der Waals surface area contributed by atoms with E-state index in [0.717, 1.165) is 5.56 Å². The summed E-state index contributed by atoms with van der Waals surface area (Å²) in [5.41, 5.74) is 2.08. The van der Waals surface area contributed by atoms with E-state index in [9.17, 15) is 14.7 Å². The number of hydrogen-bond donors (Lipinski definition) is 2. The van der Waals surface area contributed by atoms with E-state index in [1.165, 1.54) is 6.08 Å². The summed E-state index contributed by atoms with van der Waals surface area (Å²) < 4.78 is 0. The Kier molecular flexibility index (Phi) is 3.28. The van der Waals surface area contributed by atoms with Crippen LogP contribution in [0.3, 0.4) is 0 Å². The van der Waals surface area contributed by atoms with Crippen molar-refractivity contribution in [3.8, 4) is 5.75 Å². The van der Waals surface area contributed by atoms with E-state index >= 15 is 0 Å². The lowest BCUT2D eigenvalue weighted by atomic mass is 9.92. The SMILES string of the molecule is O=C1C=C(NCc2ccc(O)cc2)C(=O)c2ccccc21. The minimum Gasteiger partial charge on any atom is -0.508 e. The molecule has 0 bridgehead atoms. The first-order valence-corrected chi connectivity index (χ1v) is 6.57. The molecule has 0 heterocycles. The molecule has 0 aromatic heterocycles. The molecule has 3 rings (SSSR count). The van der Waals surface area contributed by atoms with Crippen LogP contribution in [0.4, 0.5) is 0 Å². The van der Waals surface area contributed by atoms with Crippen LogP contribution < -0.4 is 5.32 Å². The van der Waals surface area contributed by atoms with Crippen molar-refractivity contribution in [3.63, 3.8) is 0 Å². The number of fused-ring (bicyclic) bond motifs is 1. The van der Waals surface area contributed by atoms with Gasteiger partial charge in [-0.2, -0.15) is 0 Å². The van der Waals surface area contributed by atoms with Gasteiger partial charge >= 0.3 is 0 Å². The summed E-state index contributed by atoms with van der Waals surface area (Å²) in [4.78, 5) is 24.3. The number of rotatable bonds is 3. The molecule has 2 N–H and O–H groups in total. The van der Waals surface area contributed by atoms with Gasteiger partial charge in [0.05, 0.1) is 5.70 Å². The van der Waals surface area contributed by atoms with Gasteiger partial charge in [0.2, 0.25) is 5.78 Å². The van der Waals surface area contributed by atoms with Crippen molar-refractivity contribution < 1.29 is 14.7 Å². The van der Waals surface area contributed by atoms with Crippen LogP contribution in [0.1, 0.15) is 26.3 Å². The summed E-state index contributed by atoms with van der Waals surface area (Å²) in [7, 11) is 0. The number of nitrogens with one attached hydrogen (secondary N) is 1. The van der Waals surface area contributed by atoms with E-state index in [-0.39, 0.29) is 17.3 Å². The summed E-state index contributed by atoms with van der Waals surface area (Å²) in [5.74, 6) is -0.154. The molecular weight excluding hydrogens is 266 g/mol. The molecule has 1 aliphatic rings. The van der Waals surface area contributed by atoms with Crippen LogP contribution in [0.15, 0.2) is 60.3 Å². The van der Waals surface area contributed by atoms with Crippen molar-refractivity contribution >= 4 is 11.6 Å². The second-order valence-electron chi connectivity index (χ2n) is 4.82. The van der Waals surface area contributed by atoms with Crippen molar-refractivity contribution in [2.45, 2.75) is 6.54 Å². The third-order valence-corrected chi connectivity index (χ3v) is 3.38. The Morgan fingerprint density at radius 1 is 0.905 bits per heavy atom. The fourth-order valence-corrected chi connectivity index (χ4v) is 2.26. The smallest absolute Gasteiger partial charge is 0.209 e. The summed E-state index contributed by atoms with van der Waals surface area (Å²) in [6.07, 6.45) is 1.34. The van der Waals surface area contributed by atoms with Crippen molar-refractivity contribution in [1.29, 1.82) is 0 Å². The van der Waals surface area contributed by atoms with Gasteiger partial charge in [-0.25, -0.2) is 0 Å². The highest BCUT2D eigenvalue weighted by Crippen LogP contribution is 2.20. The molecular formula is C17H13NO3. The minimum absolute atomic E-state index is 0.168. The molecule has 0 atom stereocenters. The quantitative estimate of drug-likeness (QED) is 0.905. The third kappa shape index (κ3) is 2.56. The Morgan fingerprint density at radius 2 is 1.57 bits per heavy atom. The highest BCUT2D eigenvalue weighted by molar-refractivity contribution is 6.24. The second-order valence-corrected chi connectivity index (χ2v) is 4.82. The average molecular weight is 279 g/mol. The number of carbonyl (C=O) groups is 2. The predicted molar refractivity (Wildman–Crippen MR) is 78.1 cm³/mol. The fraction of sp³-hybridized carbons (Fsp3) is 0.0588. The minimum atomic E-state index is -0.177. The molecule has 1 aliphatic carbocycles. The second kappa shape index (κ2) is 5.25. The molecule has 0 amide bonds. The highest BCUT2D eigenvalue weighted by Gasteiger charge is 2.24. The number of benzene rings is 2. The first-order valence-electron chi connectivity index (χ1n) is 6.57. The lowest BCUT2D eigenvalue weighted by Gasteiger charge is -2.16. The van der Waals surface area contributed by atoms with E-state index in [1.807, 2.05) is 0 Å². The number of phenols is 1. The zero-order valence-electron chi connectivity index (χ0n) is 11.2. The number of aromatic hydroxyl groups is 1. The maximum atomic E-state index is 12.3. The monoisotopic (exact) mass is 279 g/mol. The summed E-state index contributed by atoms with van der Waals surface area (Å²) in [5, 5.41) is 12.2. The number of hydrogen-bond acceptors (Lipinski definition) is 4. The van der Waals surface area contributed by atoms with Gasteiger partial charge in [0, 0.05) is 23.7 Å². The first-order chi connectivity index (χ1) is 10.1. The van der Waals surface area contributed by atoms with Gasteiger partial charge in [-0.05, 0) is 17.7 Å². The summed E-state index contributed by atoms with van der Waals surface area (Å²) in [6, 6.07) is 13.5. The maximum absolute atomic E-state index is 12.3. The van der Waals surface area contributed by atoms with Gasteiger partial charge in [-0.15, -0.1) is 0 Å². The summed E-state index contributed by atoms with van der Waals surface area (Å²) >= 11 is 0. The van der Waals surface area contributed by atoms with Gasteiger partial charge in [0.25, 0.3) is 0 Å². The third-order valence-electron chi connectivity index (χ3n) is 3.38. The van der Waals surface area contributed by atoms with Gasteiger partial charge in [-0.3, -0.25) is 9.59 Å². The highest BCUT2D eigenvalue weighted by atomic mass is 16.3. The molecule has 2 aromatic rings. The molecule has 0 spiro atoms.